The van der Waals surface area contributed by atoms with Gasteiger partial charge in [-0.25, -0.2) is 0 Å². The van der Waals surface area contributed by atoms with Crippen molar-refractivity contribution in [1.29, 1.82) is 0 Å². The lowest BCUT2D eigenvalue weighted by atomic mass is 9.86. The number of amides is 1. The van der Waals surface area contributed by atoms with Crippen LogP contribution >= 0.6 is 0 Å². The Balaban J connectivity index is 1.51. The summed E-state index contributed by atoms with van der Waals surface area (Å²) in [5.41, 5.74) is 2.62. The molecule has 3 heteroatoms. The Morgan fingerprint density at radius 1 is 1.15 bits per heavy atom. The molecule has 0 spiro atoms. The van der Waals surface area contributed by atoms with Gasteiger partial charge in [0.05, 0.1) is 6.10 Å². The summed E-state index contributed by atoms with van der Waals surface area (Å²) in [5.74, 6) is 0.476. The summed E-state index contributed by atoms with van der Waals surface area (Å²) in [6.45, 7) is 0.632. The molecule has 0 bridgehead atoms. The fraction of sp³-hybridized carbons (Fsp3) is 0.588. The van der Waals surface area contributed by atoms with Crippen molar-refractivity contribution in [2.75, 3.05) is 6.54 Å². The van der Waals surface area contributed by atoms with Crippen LogP contribution in [0, 0.1) is 11.8 Å². The maximum atomic E-state index is 12.3. The summed E-state index contributed by atoms with van der Waals surface area (Å²) in [4.78, 5) is 12.3. The highest BCUT2D eigenvalue weighted by atomic mass is 16.3. The highest BCUT2D eigenvalue weighted by molar-refractivity contribution is 5.80. The number of aliphatic hydroxyl groups excluding tert-OH is 1. The summed E-state index contributed by atoms with van der Waals surface area (Å²) in [6, 6.07) is 8.32. The van der Waals surface area contributed by atoms with Gasteiger partial charge >= 0.3 is 0 Å². The average Bonchev–Trinajstić information content (AvgIpc) is 2.90. The molecule has 20 heavy (non-hydrogen) atoms. The van der Waals surface area contributed by atoms with Crippen LogP contribution in [0.15, 0.2) is 24.3 Å². The lowest BCUT2D eigenvalue weighted by Gasteiger charge is -2.28. The summed E-state index contributed by atoms with van der Waals surface area (Å²) in [7, 11) is 0. The van der Waals surface area contributed by atoms with Crippen LogP contribution < -0.4 is 5.32 Å². The van der Waals surface area contributed by atoms with Crippen LogP contribution in [0.3, 0.4) is 0 Å². The SMILES string of the molecule is O=C(NCC1CCCCC1O)C1Cc2ccccc2C1. The Kier molecular flexibility index (Phi) is 4.06. The number of carbonyl (C=O) groups is 1. The zero-order valence-corrected chi connectivity index (χ0v) is 11.8. The molecule has 2 aliphatic carbocycles. The highest BCUT2D eigenvalue weighted by Crippen LogP contribution is 2.27. The minimum absolute atomic E-state index is 0.0770. The Hall–Kier alpha value is -1.35. The van der Waals surface area contributed by atoms with E-state index in [0.29, 0.717) is 6.54 Å². The van der Waals surface area contributed by atoms with Crippen molar-refractivity contribution in [3.8, 4) is 0 Å². The number of hydrogen-bond donors (Lipinski definition) is 2. The first-order chi connectivity index (χ1) is 9.74. The summed E-state index contributed by atoms with van der Waals surface area (Å²) < 4.78 is 0. The normalized spacial score (nSPS) is 26.2. The molecule has 108 valence electrons. The molecule has 1 aromatic rings. The minimum atomic E-state index is -0.232. The van der Waals surface area contributed by atoms with Gasteiger partial charge in [0.2, 0.25) is 5.91 Å². The van der Waals surface area contributed by atoms with Gasteiger partial charge in [-0.05, 0) is 36.8 Å². The van der Waals surface area contributed by atoms with Gasteiger partial charge in [0.15, 0.2) is 0 Å². The zero-order valence-electron chi connectivity index (χ0n) is 11.8. The van der Waals surface area contributed by atoms with Crippen molar-refractivity contribution < 1.29 is 9.90 Å². The van der Waals surface area contributed by atoms with E-state index in [9.17, 15) is 9.90 Å². The molecule has 1 saturated carbocycles. The number of rotatable bonds is 3. The van der Waals surface area contributed by atoms with Crippen LogP contribution in [-0.4, -0.2) is 23.7 Å². The third-order valence-corrected chi connectivity index (χ3v) is 4.83. The first-order valence-corrected chi connectivity index (χ1v) is 7.76. The van der Waals surface area contributed by atoms with Crippen LogP contribution in [-0.2, 0) is 17.6 Å². The van der Waals surface area contributed by atoms with Gasteiger partial charge < -0.3 is 10.4 Å². The summed E-state index contributed by atoms with van der Waals surface area (Å²) in [6.07, 6.45) is 5.69. The lowest BCUT2D eigenvalue weighted by Crippen LogP contribution is -2.39. The summed E-state index contributed by atoms with van der Waals surface area (Å²) in [5, 5.41) is 13.0. The van der Waals surface area contributed by atoms with Crippen molar-refractivity contribution in [2.45, 2.75) is 44.6 Å². The van der Waals surface area contributed by atoms with Crippen molar-refractivity contribution in [3.63, 3.8) is 0 Å². The molecule has 0 aromatic heterocycles. The van der Waals surface area contributed by atoms with Crippen LogP contribution in [0.1, 0.15) is 36.8 Å². The van der Waals surface area contributed by atoms with E-state index in [4.69, 9.17) is 0 Å². The van der Waals surface area contributed by atoms with E-state index in [1.54, 1.807) is 0 Å². The van der Waals surface area contributed by atoms with E-state index in [1.807, 2.05) is 12.1 Å². The molecule has 0 radical (unpaired) electrons. The Morgan fingerprint density at radius 3 is 2.45 bits per heavy atom. The fourth-order valence-electron chi connectivity index (χ4n) is 3.55. The average molecular weight is 273 g/mol. The first-order valence-electron chi connectivity index (χ1n) is 7.76. The molecule has 3 nitrogen and oxygen atoms in total. The number of carbonyl (C=O) groups excluding carboxylic acids is 1. The van der Waals surface area contributed by atoms with Gasteiger partial charge in [-0.1, -0.05) is 37.1 Å². The van der Waals surface area contributed by atoms with E-state index in [1.165, 1.54) is 17.5 Å². The van der Waals surface area contributed by atoms with Gasteiger partial charge in [-0.2, -0.15) is 0 Å². The molecule has 2 aliphatic rings. The topological polar surface area (TPSA) is 49.3 Å². The van der Waals surface area contributed by atoms with E-state index in [0.717, 1.165) is 32.1 Å². The molecule has 1 aromatic carbocycles. The second-order valence-corrected chi connectivity index (χ2v) is 6.23. The monoisotopic (exact) mass is 273 g/mol. The molecule has 1 fully saturated rings. The number of hydrogen-bond acceptors (Lipinski definition) is 2. The summed E-state index contributed by atoms with van der Waals surface area (Å²) >= 11 is 0. The van der Waals surface area contributed by atoms with Gasteiger partial charge in [0, 0.05) is 18.4 Å². The Bertz CT molecular complexity index is 461. The molecule has 2 unspecified atom stereocenters. The maximum absolute atomic E-state index is 12.3. The first kappa shape index (κ1) is 13.6. The van der Waals surface area contributed by atoms with Gasteiger partial charge in [0.1, 0.15) is 0 Å². The van der Waals surface area contributed by atoms with Gasteiger partial charge in [-0.3, -0.25) is 4.79 Å². The highest BCUT2D eigenvalue weighted by Gasteiger charge is 2.28. The van der Waals surface area contributed by atoms with Crippen molar-refractivity contribution in [3.05, 3.63) is 35.4 Å². The third kappa shape index (κ3) is 2.88. The van der Waals surface area contributed by atoms with Crippen molar-refractivity contribution in [1.82, 2.24) is 5.32 Å². The predicted octanol–water partition coefficient (Wildman–Crippen LogP) is 2.07. The predicted molar refractivity (Wildman–Crippen MR) is 78.3 cm³/mol. The van der Waals surface area contributed by atoms with Crippen LogP contribution in [0.5, 0.6) is 0 Å². The third-order valence-electron chi connectivity index (χ3n) is 4.83. The van der Waals surface area contributed by atoms with Gasteiger partial charge in [0.25, 0.3) is 0 Å². The number of aliphatic hydroxyl groups is 1. The van der Waals surface area contributed by atoms with E-state index >= 15 is 0 Å². The number of benzene rings is 1. The van der Waals surface area contributed by atoms with Crippen LogP contribution in [0.2, 0.25) is 0 Å². The quantitative estimate of drug-likeness (QED) is 0.885. The second-order valence-electron chi connectivity index (χ2n) is 6.23. The van der Waals surface area contributed by atoms with Crippen molar-refractivity contribution >= 4 is 5.91 Å². The van der Waals surface area contributed by atoms with E-state index in [2.05, 4.69) is 17.4 Å². The second kappa shape index (κ2) is 5.96. The van der Waals surface area contributed by atoms with Gasteiger partial charge in [-0.15, -0.1) is 0 Å². The number of nitrogens with one attached hydrogen (secondary N) is 1. The molecule has 0 saturated heterocycles. The zero-order chi connectivity index (χ0) is 13.9. The standard InChI is InChI=1S/C17H23NO2/c19-16-8-4-3-7-14(16)11-18-17(20)15-9-12-5-1-2-6-13(12)10-15/h1-2,5-6,14-16,19H,3-4,7-11H2,(H,18,20). The Labute approximate surface area is 120 Å². The minimum Gasteiger partial charge on any atom is -0.393 e. The fourth-order valence-corrected chi connectivity index (χ4v) is 3.55. The molecule has 3 rings (SSSR count). The molecule has 2 atom stereocenters. The van der Waals surface area contributed by atoms with Crippen molar-refractivity contribution in [2.24, 2.45) is 11.8 Å². The molecule has 2 N–H and O–H groups in total. The maximum Gasteiger partial charge on any atom is 0.223 e. The van der Waals surface area contributed by atoms with E-state index < -0.39 is 0 Å². The molecule has 0 aliphatic heterocycles. The molecule has 1 amide bonds. The largest absolute Gasteiger partial charge is 0.393 e. The van der Waals surface area contributed by atoms with E-state index in [-0.39, 0.29) is 23.8 Å². The molecular formula is C17H23NO2. The molecular weight excluding hydrogens is 250 g/mol. The lowest BCUT2D eigenvalue weighted by molar-refractivity contribution is -0.125. The van der Waals surface area contributed by atoms with Crippen LogP contribution in [0.25, 0.3) is 0 Å². The smallest absolute Gasteiger partial charge is 0.223 e. The molecule has 0 heterocycles. The Morgan fingerprint density at radius 2 is 1.80 bits per heavy atom. The number of fused-ring (bicyclic) bond motifs is 1. The van der Waals surface area contributed by atoms with Crippen LogP contribution in [0.4, 0.5) is 0 Å².